The van der Waals surface area contributed by atoms with Gasteiger partial charge in [0.25, 0.3) is 11.5 Å². The number of carbonyl (C=O) groups is 1. The summed E-state index contributed by atoms with van der Waals surface area (Å²) in [6, 6.07) is 0. The highest BCUT2D eigenvalue weighted by Gasteiger charge is 2.22. The van der Waals surface area contributed by atoms with Gasteiger partial charge in [-0.2, -0.15) is 4.98 Å². The van der Waals surface area contributed by atoms with E-state index in [0.717, 1.165) is 0 Å². The number of nitrogen functional groups attached to an aromatic ring is 1. The van der Waals surface area contributed by atoms with Crippen LogP contribution < -0.4 is 11.3 Å². The van der Waals surface area contributed by atoms with Crippen molar-refractivity contribution in [1.82, 2.24) is 30.0 Å². The average molecular weight is 393 g/mol. The molecule has 1 amide bonds. The van der Waals surface area contributed by atoms with Gasteiger partial charge >= 0.3 is 0 Å². The van der Waals surface area contributed by atoms with E-state index in [1.54, 1.807) is 11.8 Å². The van der Waals surface area contributed by atoms with Gasteiger partial charge in [0, 0.05) is 13.1 Å². The van der Waals surface area contributed by atoms with Crippen LogP contribution in [-0.2, 0) is 5.75 Å². The van der Waals surface area contributed by atoms with Crippen LogP contribution in [0.25, 0.3) is 10.2 Å². The van der Waals surface area contributed by atoms with Gasteiger partial charge in [-0.05, 0) is 26.3 Å². The van der Waals surface area contributed by atoms with Crippen LogP contribution >= 0.6 is 23.1 Å². The third-order valence-electron chi connectivity index (χ3n) is 3.91. The van der Waals surface area contributed by atoms with Crippen molar-refractivity contribution in [1.29, 1.82) is 0 Å². The van der Waals surface area contributed by atoms with E-state index in [2.05, 4.69) is 25.1 Å². The van der Waals surface area contributed by atoms with E-state index in [9.17, 15) is 9.59 Å². The topological polar surface area (TPSA) is 134 Å². The van der Waals surface area contributed by atoms with Crippen LogP contribution in [0.2, 0.25) is 0 Å². The fourth-order valence-corrected chi connectivity index (χ4v) is 4.42. The molecule has 0 bridgehead atoms. The first-order valence-corrected chi connectivity index (χ1v) is 9.87. The molecule has 0 aliphatic carbocycles. The Kier molecular flexibility index (Phi) is 5.28. The van der Waals surface area contributed by atoms with Gasteiger partial charge in [-0.15, -0.1) is 16.4 Å². The van der Waals surface area contributed by atoms with Gasteiger partial charge in [0.1, 0.15) is 10.7 Å². The second-order valence-electron chi connectivity index (χ2n) is 5.52. The summed E-state index contributed by atoms with van der Waals surface area (Å²) in [5.41, 5.74) is 5.93. The summed E-state index contributed by atoms with van der Waals surface area (Å²) in [6.45, 7) is 6.89. The van der Waals surface area contributed by atoms with E-state index >= 15 is 0 Å². The largest absolute Gasteiger partial charge is 0.368 e. The fraction of sp³-hybridized carbons (Fsp3) is 0.400. The molecular formula is C15H19N7O2S2. The first-order valence-electron chi connectivity index (χ1n) is 8.06. The van der Waals surface area contributed by atoms with E-state index in [4.69, 9.17) is 5.73 Å². The number of aromatic amines is 2. The second-order valence-corrected chi connectivity index (χ2v) is 7.46. The number of H-pyrrole nitrogens is 2. The monoisotopic (exact) mass is 393 g/mol. The second kappa shape index (κ2) is 7.46. The molecule has 11 heteroatoms. The zero-order valence-electron chi connectivity index (χ0n) is 14.6. The number of rotatable bonds is 6. The van der Waals surface area contributed by atoms with Crippen LogP contribution in [0.15, 0.2) is 9.95 Å². The Balaban J connectivity index is 1.93. The molecule has 3 rings (SSSR count). The number of fused-ring (bicyclic) bond motifs is 1. The number of aromatic nitrogens is 5. The Labute approximate surface area is 157 Å². The fourth-order valence-electron chi connectivity index (χ4n) is 2.57. The van der Waals surface area contributed by atoms with Crippen LogP contribution in [-0.4, -0.2) is 49.0 Å². The molecule has 138 valence electrons. The van der Waals surface area contributed by atoms with Crippen LogP contribution in [0.1, 0.15) is 34.9 Å². The average Bonchev–Trinajstić information content (AvgIpc) is 3.17. The summed E-state index contributed by atoms with van der Waals surface area (Å²) in [7, 11) is 0. The minimum Gasteiger partial charge on any atom is -0.368 e. The van der Waals surface area contributed by atoms with E-state index < -0.39 is 0 Å². The van der Waals surface area contributed by atoms with Gasteiger partial charge < -0.3 is 15.6 Å². The molecule has 0 aliphatic heterocycles. The van der Waals surface area contributed by atoms with Crippen molar-refractivity contribution in [3.05, 3.63) is 26.6 Å². The molecule has 0 unspecified atom stereocenters. The molecule has 9 nitrogen and oxygen atoms in total. The van der Waals surface area contributed by atoms with Crippen LogP contribution in [0.4, 0.5) is 5.95 Å². The van der Waals surface area contributed by atoms with Crippen molar-refractivity contribution in [3.63, 3.8) is 0 Å². The molecule has 0 atom stereocenters. The smallest absolute Gasteiger partial charge is 0.264 e. The molecule has 3 heterocycles. The molecule has 3 aromatic rings. The molecule has 0 fully saturated rings. The van der Waals surface area contributed by atoms with E-state index in [-0.39, 0.29) is 17.4 Å². The lowest BCUT2D eigenvalue weighted by Crippen LogP contribution is -2.30. The Hall–Kier alpha value is -2.40. The third kappa shape index (κ3) is 3.44. The Morgan fingerprint density at radius 1 is 1.31 bits per heavy atom. The number of carbonyl (C=O) groups excluding carboxylic acids is 1. The molecule has 0 saturated heterocycles. The van der Waals surface area contributed by atoms with Crippen molar-refractivity contribution in [2.24, 2.45) is 0 Å². The van der Waals surface area contributed by atoms with Gasteiger partial charge in [0.15, 0.2) is 0 Å². The van der Waals surface area contributed by atoms with Gasteiger partial charge in [-0.1, -0.05) is 11.8 Å². The zero-order chi connectivity index (χ0) is 18.8. The molecule has 0 spiro atoms. The van der Waals surface area contributed by atoms with E-state index in [1.807, 2.05) is 13.8 Å². The van der Waals surface area contributed by atoms with Crippen molar-refractivity contribution in [2.45, 2.75) is 31.7 Å². The molecular weight excluding hydrogens is 374 g/mol. The maximum atomic E-state index is 12.7. The Morgan fingerprint density at radius 3 is 2.65 bits per heavy atom. The van der Waals surface area contributed by atoms with Crippen molar-refractivity contribution >= 4 is 45.2 Å². The van der Waals surface area contributed by atoms with Crippen molar-refractivity contribution < 1.29 is 4.79 Å². The lowest BCUT2D eigenvalue weighted by Gasteiger charge is -2.17. The molecule has 3 aromatic heterocycles. The number of hydrogen-bond acceptors (Lipinski definition) is 8. The van der Waals surface area contributed by atoms with E-state index in [1.165, 1.54) is 23.1 Å². The lowest BCUT2D eigenvalue weighted by molar-refractivity contribution is 0.0777. The summed E-state index contributed by atoms with van der Waals surface area (Å²) in [5.74, 6) is 1.05. The number of thioether (sulfide) groups is 1. The van der Waals surface area contributed by atoms with Gasteiger partial charge in [-0.3, -0.25) is 9.59 Å². The minimum atomic E-state index is -0.243. The number of aryl methyl sites for hydroxylation is 1. The minimum absolute atomic E-state index is 0.0676. The van der Waals surface area contributed by atoms with Crippen LogP contribution in [0.5, 0.6) is 0 Å². The standard InChI is InChI=1S/C15H19N7O2S2/c1-4-22(5-2)13(24)10-7(3)9-11(23)17-8(18-12(9)26-10)6-25-15-19-14(16)20-21-15/h4-6H2,1-3H3,(H,17,18,23)(H3,16,19,20,21). The van der Waals surface area contributed by atoms with Gasteiger partial charge in [0.2, 0.25) is 11.1 Å². The number of nitrogens with zero attached hydrogens (tertiary/aromatic N) is 4. The normalized spacial score (nSPS) is 11.2. The molecule has 0 saturated carbocycles. The summed E-state index contributed by atoms with van der Waals surface area (Å²) in [6.07, 6.45) is 0. The first kappa shape index (κ1) is 18.4. The molecule has 0 aliphatic rings. The SMILES string of the molecule is CCN(CC)C(=O)c1sc2nc(CSc3n[nH]c(N)n3)[nH]c(=O)c2c1C. The first-order chi connectivity index (χ1) is 12.4. The predicted octanol–water partition coefficient (Wildman–Crippen LogP) is 1.77. The highest BCUT2D eigenvalue weighted by molar-refractivity contribution is 7.98. The van der Waals surface area contributed by atoms with Crippen LogP contribution in [0, 0.1) is 6.92 Å². The number of thiophene rings is 1. The number of amides is 1. The van der Waals surface area contributed by atoms with Crippen molar-refractivity contribution in [3.8, 4) is 0 Å². The third-order valence-corrected chi connectivity index (χ3v) is 5.95. The molecule has 0 aromatic carbocycles. The predicted molar refractivity (Wildman–Crippen MR) is 103 cm³/mol. The van der Waals surface area contributed by atoms with Gasteiger partial charge in [-0.25, -0.2) is 10.1 Å². The molecule has 0 radical (unpaired) electrons. The van der Waals surface area contributed by atoms with E-state index in [0.29, 0.717) is 50.5 Å². The summed E-state index contributed by atoms with van der Waals surface area (Å²) >= 11 is 2.56. The van der Waals surface area contributed by atoms with Crippen LogP contribution in [0.3, 0.4) is 0 Å². The number of hydrogen-bond donors (Lipinski definition) is 3. The number of anilines is 1. The lowest BCUT2D eigenvalue weighted by atomic mass is 10.2. The molecule has 4 N–H and O–H groups in total. The van der Waals surface area contributed by atoms with Crippen molar-refractivity contribution in [2.75, 3.05) is 18.8 Å². The number of nitrogens with two attached hydrogens (primary N) is 1. The Morgan fingerprint density at radius 2 is 2.04 bits per heavy atom. The Bertz CT molecular complexity index is 1000. The summed E-state index contributed by atoms with van der Waals surface area (Å²) in [5, 5.41) is 7.43. The molecule has 26 heavy (non-hydrogen) atoms. The number of nitrogens with one attached hydrogen (secondary N) is 2. The quantitative estimate of drug-likeness (QED) is 0.543. The highest BCUT2D eigenvalue weighted by atomic mass is 32.2. The highest BCUT2D eigenvalue weighted by Crippen LogP contribution is 2.29. The maximum Gasteiger partial charge on any atom is 0.264 e. The van der Waals surface area contributed by atoms with Gasteiger partial charge in [0.05, 0.1) is 16.0 Å². The zero-order valence-corrected chi connectivity index (χ0v) is 16.3. The summed E-state index contributed by atoms with van der Waals surface area (Å²) in [4.78, 5) is 39.3. The maximum absolute atomic E-state index is 12.7. The summed E-state index contributed by atoms with van der Waals surface area (Å²) < 4.78 is 0.